The maximum atomic E-state index is 12.3. The average molecular weight is 362 g/mol. The quantitative estimate of drug-likeness (QED) is 0.836. The molecule has 8 heteroatoms. The van der Waals surface area contributed by atoms with Crippen LogP contribution in [0.1, 0.15) is 15.9 Å². The smallest absolute Gasteiger partial charge is 0.251 e. The highest BCUT2D eigenvalue weighted by molar-refractivity contribution is 7.89. The van der Waals surface area contributed by atoms with Gasteiger partial charge in [-0.3, -0.25) is 4.79 Å². The lowest BCUT2D eigenvalue weighted by molar-refractivity contribution is 0.0950. The Labute approximate surface area is 146 Å². The molecule has 0 aromatic heterocycles. The van der Waals surface area contributed by atoms with Gasteiger partial charge in [0.15, 0.2) is 11.5 Å². The van der Waals surface area contributed by atoms with Gasteiger partial charge in [0.1, 0.15) is 13.2 Å². The van der Waals surface area contributed by atoms with Crippen molar-refractivity contribution in [3.63, 3.8) is 0 Å². The lowest BCUT2D eigenvalue weighted by Crippen LogP contribution is -2.24. The van der Waals surface area contributed by atoms with E-state index in [9.17, 15) is 13.2 Å². The number of fused-ring (bicyclic) bond motifs is 1. The van der Waals surface area contributed by atoms with Crippen LogP contribution in [0.3, 0.4) is 0 Å². The highest BCUT2D eigenvalue weighted by atomic mass is 32.2. The van der Waals surface area contributed by atoms with E-state index in [1.807, 2.05) is 12.1 Å². The van der Waals surface area contributed by atoms with E-state index in [1.54, 1.807) is 12.1 Å². The topological polar surface area (TPSA) is 93.7 Å². The van der Waals surface area contributed by atoms with Crippen molar-refractivity contribution in [2.45, 2.75) is 11.4 Å². The maximum absolute atomic E-state index is 12.3. The Bertz CT molecular complexity index is 896. The van der Waals surface area contributed by atoms with Gasteiger partial charge in [0.05, 0.1) is 4.90 Å². The number of sulfonamides is 1. The van der Waals surface area contributed by atoms with Crippen LogP contribution >= 0.6 is 0 Å². The summed E-state index contributed by atoms with van der Waals surface area (Å²) >= 11 is 0. The van der Waals surface area contributed by atoms with E-state index >= 15 is 0 Å². The molecular weight excluding hydrogens is 344 g/mol. The van der Waals surface area contributed by atoms with Gasteiger partial charge in [-0.1, -0.05) is 12.1 Å². The number of rotatable bonds is 5. The highest BCUT2D eigenvalue weighted by Crippen LogP contribution is 2.30. The molecule has 0 bridgehead atoms. The van der Waals surface area contributed by atoms with Crippen LogP contribution in [0.2, 0.25) is 0 Å². The summed E-state index contributed by atoms with van der Waals surface area (Å²) in [5.41, 5.74) is 1.13. The summed E-state index contributed by atoms with van der Waals surface area (Å²) in [7, 11) is -2.27. The largest absolute Gasteiger partial charge is 0.486 e. The van der Waals surface area contributed by atoms with Gasteiger partial charge in [0, 0.05) is 12.1 Å². The molecule has 1 aliphatic heterocycles. The van der Waals surface area contributed by atoms with Crippen LogP contribution < -0.4 is 19.5 Å². The van der Waals surface area contributed by atoms with Crippen LogP contribution in [0.5, 0.6) is 11.5 Å². The molecule has 1 amide bonds. The van der Waals surface area contributed by atoms with Gasteiger partial charge >= 0.3 is 0 Å². The Morgan fingerprint density at radius 3 is 2.60 bits per heavy atom. The Kier molecular flexibility index (Phi) is 4.91. The van der Waals surface area contributed by atoms with Crippen molar-refractivity contribution in [3.8, 4) is 11.5 Å². The molecule has 0 saturated heterocycles. The van der Waals surface area contributed by atoms with Crippen molar-refractivity contribution in [2.24, 2.45) is 0 Å². The monoisotopic (exact) mass is 362 g/mol. The van der Waals surface area contributed by atoms with Crippen LogP contribution in [0, 0.1) is 0 Å². The number of amides is 1. The minimum absolute atomic E-state index is 0.0435. The summed E-state index contributed by atoms with van der Waals surface area (Å²) in [6.07, 6.45) is 0. The molecule has 0 fully saturated rings. The number of benzene rings is 2. The molecule has 7 nitrogen and oxygen atoms in total. The van der Waals surface area contributed by atoms with Gasteiger partial charge in [-0.25, -0.2) is 13.1 Å². The number of carbonyl (C=O) groups is 1. The summed E-state index contributed by atoms with van der Waals surface area (Å²) in [4.78, 5) is 12.3. The minimum atomic E-state index is -3.59. The Morgan fingerprint density at radius 2 is 1.84 bits per heavy atom. The average Bonchev–Trinajstić information content (AvgIpc) is 2.66. The van der Waals surface area contributed by atoms with Crippen molar-refractivity contribution in [1.82, 2.24) is 10.0 Å². The van der Waals surface area contributed by atoms with E-state index in [4.69, 9.17) is 9.47 Å². The number of nitrogens with one attached hydrogen (secondary N) is 2. The van der Waals surface area contributed by atoms with Crippen LogP contribution in [-0.4, -0.2) is 34.6 Å². The van der Waals surface area contributed by atoms with Gasteiger partial charge in [0.2, 0.25) is 10.0 Å². The molecule has 1 aliphatic rings. The lowest BCUT2D eigenvalue weighted by Gasteiger charge is -2.19. The van der Waals surface area contributed by atoms with Crippen molar-refractivity contribution < 1.29 is 22.7 Å². The fourth-order valence-corrected chi connectivity index (χ4v) is 3.18. The molecule has 0 spiro atoms. The highest BCUT2D eigenvalue weighted by Gasteiger charge is 2.15. The second kappa shape index (κ2) is 7.12. The van der Waals surface area contributed by atoms with Crippen LogP contribution in [0.4, 0.5) is 0 Å². The Balaban J connectivity index is 1.70. The molecule has 2 aromatic rings. The number of hydrogen-bond acceptors (Lipinski definition) is 5. The van der Waals surface area contributed by atoms with E-state index in [1.165, 1.54) is 25.2 Å². The minimum Gasteiger partial charge on any atom is -0.486 e. The number of ether oxygens (including phenoxy) is 2. The van der Waals surface area contributed by atoms with Crippen LogP contribution in [0.15, 0.2) is 47.4 Å². The van der Waals surface area contributed by atoms with Crippen molar-refractivity contribution in [2.75, 3.05) is 20.3 Å². The van der Waals surface area contributed by atoms with Crippen molar-refractivity contribution >= 4 is 15.9 Å². The maximum Gasteiger partial charge on any atom is 0.251 e. The molecule has 3 rings (SSSR count). The Morgan fingerprint density at radius 1 is 1.08 bits per heavy atom. The number of carbonyl (C=O) groups excluding carboxylic acids is 1. The Hall–Kier alpha value is -2.58. The fourth-order valence-electron chi connectivity index (χ4n) is 2.40. The molecule has 1 heterocycles. The third kappa shape index (κ3) is 3.92. The standard InChI is InChI=1S/C17H18N2O5S/c1-18-25(21,22)14-4-2-3-13(10-14)17(20)19-11-12-5-6-15-16(9-12)24-8-7-23-15/h2-6,9-10,18H,7-8,11H2,1H3,(H,19,20). The second-order valence-corrected chi connectivity index (χ2v) is 7.28. The molecule has 0 unspecified atom stereocenters. The predicted octanol–water partition coefficient (Wildman–Crippen LogP) is 1.30. The summed E-state index contributed by atoms with van der Waals surface area (Å²) in [6, 6.07) is 11.3. The van der Waals surface area contributed by atoms with Crippen molar-refractivity contribution in [3.05, 3.63) is 53.6 Å². The summed E-state index contributed by atoms with van der Waals surface area (Å²) in [5, 5.41) is 2.77. The van der Waals surface area contributed by atoms with Gasteiger partial charge in [-0.15, -0.1) is 0 Å². The zero-order valence-corrected chi connectivity index (χ0v) is 14.4. The molecule has 0 aliphatic carbocycles. The van der Waals surface area contributed by atoms with Gasteiger partial charge < -0.3 is 14.8 Å². The van der Waals surface area contributed by atoms with E-state index in [0.717, 1.165) is 5.56 Å². The molecule has 0 saturated carbocycles. The lowest BCUT2D eigenvalue weighted by atomic mass is 10.1. The normalized spacial score (nSPS) is 13.3. The predicted molar refractivity (Wildman–Crippen MR) is 91.3 cm³/mol. The summed E-state index contributed by atoms with van der Waals surface area (Å²) in [5.74, 6) is 0.981. The fraction of sp³-hybridized carbons (Fsp3) is 0.235. The van der Waals surface area contributed by atoms with E-state index in [0.29, 0.717) is 31.3 Å². The molecule has 132 valence electrons. The second-order valence-electron chi connectivity index (χ2n) is 5.40. The summed E-state index contributed by atoms with van der Waals surface area (Å²) < 4.78 is 36.8. The first-order chi connectivity index (χ1) is 12.0. The zero-order chi connectivity index (χ0) is 17.9. The van der Waals surface area contributed by atoms with E-state index in [2.05, 4.69) is 10.0 Å². The molecule has 0 atom stereocenters. The van der Waals surface area contributed by atoms with E-state index in [-0.39, 0.29) is 16.4 Å². The summed E-state index contributed by atoms with van der Waals surface area (Å²) in [6.45, 7) is 1.31. The third-order valence-corrected chi connectivity index (χ3v) is 5.15. The molecule has 25 heavy (non-hydrogen) atoms. The van der Waals surface area contributed by atoms with E-state index < -0.39 is 10.0 Å². The van der Waals surface area contributed by atoms with Crippen molar-refractivity contribution in [1.29, 1.82) is 0 Å². The first-order valence-corrected chi connectivity index (χ1v) is 9.18. The molecule has 0 radical (unpaired) electrons. The van der Waals surface area contributed by atoms with Gasteiger partial charge in [0.25, 0.3) is 5.91 Å². The van der Waals surface area contributed by atoms with Gasteiger partial charge in [-0.2, -0.15) is 0 Å². The SMILES string of the molecule is CNS(=O)(=O)c1cccc(C(=O)NCc2ccc3c(c2)OCCO3)c1. The third-order valence-electron chi connectivity index (χ3n) is 3.73. The first-order valence-electron chi connectivity index (χ1n) is 7.70. The first kappa shape index (κ1) is 17.2. The van der Waals surface area contributed by atoms with Crippen LogP contribution in [-0.2, 0) is 16.6 Å². The molecule has 2 N–H and O–H groups in total. The zero-order valence-electron chi connectivity index (χ0n) is 13.6. The van der Waals surface area contributed by atoms with Crippen LogP contribution in [0.25, 0.3) is 0 Å². The number of hydrogen-bond donors (Lipinski definition) is 2. The van der Waals surface area contributed by atoms with Gasteiger partial charge in [-0.05, 0) is 42.9 Å². The molecular formula is C17H18N2O5S. The molecule has 2 aromatic carbocycles.